The van der Waals surface area contributed by atoms with E-state index in [1.54, 1.807) is 24.3 Å². The number of carbonyl (C=O) groups excluding carboxylic acids is 2. The molecule has 0 saturated heterocycles. The van der Waals surface area contributed by atoms with Crippen molar-refractivity contribution in [2.75, 3.05) is 13.2 Å². The summed E-state index contributed by atoms with van der Waals surface area (Å²) in [5, 5.41) is 1.43. The summed E-state index contributed by atoms with van der Waals surface area (Å²) >= 11 is 0. The van der Waals surface area contributed by atoms with Gasteiger partial charge in [0.25, 0.3) is 0 Å². The van der Waals surface area contributed by atoms with Gasteiger partial charge in [0, 0.05) is 5.39 Å². The Morgan fingerprint density at radius 2 is 1.25 bits per heavy atom. The van der Waals surface area contributed by atoms with Gasteiger partial charge in [0.15, 0.2) is 0 Å². The van der Waals surface area contributed by atoms with Crippen molar-refractivity contribution >= 4 is 22.7 Å². The van der Waals surface area contributed by atoms with Crippen LogP contribution in [0.1, 0.15) is 33.6 Å². The molecular formula is C16H14O4. The van der Waals surface area contributed by atoms with Gasteiger partial charge in [0.1, 0.15) is 0 Å². The Kier molecular flexibility index (Phi) is 3.37. The molecule has 0 radical (unpaired) electrons. The first-order chi connectivity index (χ1) is 9.77. The molecule has 102 valence electrons. The lowest BCUT2D eigenvalue weighted by Crippen LogP contribution is -2.09. The Labute approximate surface area is 116 Å². The molecule has 1 aliphatic rings. The van der Waals surface area contributed by atoms with Crippen LogP contribution in [0.5, 0.6) is 0 Å². The summed E-state index contributed by atoms with van der Waals surface area (Å²) in [5.41, 5.74) is 0.828. The highest BCUT2D eigenvalue weighted by atomic mass is 16.5. The third-order valence-corrected chi connectivity index (χ3v) is 3.35. The normalized spacial score (nSPS) is 16.2. The molecule has 0 fully saturated rings. The minimum absolute atomic E-state index is 0.342. The zero-order valence-corrected chi connectivity index (χ0v) is 10.9. The van der Waals surface area contributed by atoms with E-state index in [2.05, 4.69) is 0 Å². The van der Waals surface area contributed by atoms with Gasteiger partial charge in [-0.05, 0) is 30.4 Å². The molecule has 2 aromatic carbocycles. The number of cyclic esters (lactones) is 2. The third kappa shape index (κ3) is 2.25. The summed E-state index contributed by atoms with van der Waals surface area (Å²) in [5.74, 6) is -0.782. The number of rotatable bonds is 0. The molecule has 0 N–H and O–H groups in total. The van der Waals surface area contributed by atoms with Crippen LogP contribution in [0.4, 0.5) is 0 Å². The summed E-state index contributed by atoms with van der Waals surface area (Å²) in [6.45, 7) is 0.684. The lowest BCUT2D eigenvalue weighted by molar-refractivity contribution is 0.0442. The number of benzene rings is 2. The van der Waals surface area contributed by atoms with Gasteiger partial charge in [-0.25, -0.2) is 9.59 Å². The SMILES string of the molecule is O=C1OCCCCOC(=O)c2cccc3cccc1c23. The predicted molar refractivity (Wildman–Crippen MR) is 73.7 cm³/mol. The predicted octanol–water partition coefficient (Wildman–Crippen LogP) is 2.95. The molecule has 4 heteroatoms. The van der Waals surface area contributed by atoms with Crippen LogP contribution in [-0.2, 0) is 9.47 Å². The van der Waals surface area contributed by atoms with Crippen molar-refractivity contribution in [1.82, 2.24) is 0 Å². The number of ether oxygens (including phenoxy) is 2. The van der Waals surface area contributed by atoms with Crippen molar-refractivity contribution in [3.8, 4) is 0 Å². The van der Waals surface area contributed by atoms with Crippen molar-refractivity contribution in [3.63, 3.8) is 0 Å². The van der Waals surface area contributed by atoms with Crippen LogP contribution in [0.15, 0.2) is 36.4 Å². The topological polar surface area (TPSA) is 52.6 Å². The fraction of sp³-hybridized carbons (Fsp3) is 0.250. The van der Waals surface area contributed by atoms with Crippen LogP contribution in [0.3, 0.4) is 0 Å². The van der Waals surface area contributed by atoms with E-state index in [1.807, 2.05) is 12.1 Å². The fourth-order valence-electron chi connectivity index (χ4n) is 2.37. The van der Waals surface area contributed by atoms with Crippen LogP contribution >= 0.6 is 0 Å². The minimum Gasteiger partial charge on any atom is -0.462 e. The first kappa shape index (κ1) is 12.7. The van der Waals surface area contributed by atoms with Crippen molar-refractivity contribution in [3.05, 3.63) is 47.5 Å². The van der Waals surface area contributed by atoms with Gasteiger partial charge in [-0.2, -0.15) is 0 Å². The third-order valence-electron chi connectivity index (χ3n) is 3.35. The molecule has 20 heavy (non-hydrogen) atoms. The molecule has 2 aromatic rings. The zero-order chi connectivity index (χ0) is 13.9. The highest BCUT2D eigenvalue weighted by Gasteiger charge is 2.19. The first-order valence-electron chi connectivity index (χ1n) is 6.63. The molecular weight excluding hydrogens is 256 g/mol. The van der Waals surface area contributed by atoms with E-state index in [0.29, 0.717) is 42.6 Å². The average molecular weight is 270 g/mol. The highest BCUT2D eigenvalue weighted by Crippen LogP contribution is 2.25. The Balaban J connectivity index is 2.23. The van der Waals surface area contributed by atoms with E-state index < -0.39 is 11.9 Å². The number of hydrogen-bond acceptors (Lipinski definition) is 4. The largest absolute Gasteiger partial charge is 0.462 e. The maximum Gasteiger partial charge on any atom is 0.338 e. The summed E-state index contributed by atoms with van der Waals surface area (Å²) in [6.07, 6.45) is 1.37. The van der Waals surface area contributed by atoms with Crippen molar-refractivity contribution in [1.29, 1.82) is 0 Å². The molecule has 4 nitrogen and oxygen atoms in total. The Morgan fingerprint density at radius 3 is 1.75 bits per heavy atom. The van der Waals surface area contributed by atoms with Crippen LogP contribution in [0.25, 0.3) is 10.8 Å². The van der Waals surface area contributed by atoms with E-state index in [9.17, 15) is 9.59 Å². The van der Waals surface area contributed by atoms with Gasteiger partial charge in [0.05, 0.1) is 24.3 Å². The summed E-state index contributed by atoms with van der Waals surface area (Å²) in [6, 6.07) is 10.7. The van der Waals surface area contributed by atoms with Gasteiger partial charge in [0.2, 0.25) is 0 Å². The molecule has 0 saturated carbocycles. The summed E-state index contributed by atoms with van der Waals surface area (Å²) < 4.78 is 10.5. The lowest BCUT2D eigenvalue weighted by Gasteiger charge is -2.09. The fourth-order valence-corrected chi connectivity index (χ4v) is 2.37. The second-order valence-corrected chi connectivity index (χ2v) is 4.69. The second-order valence-electron chi connectivity index (χ2n) is 4.69. The van der Waals surface area contributed by atoms with Crippen molar-refractivity contribution in [2.45, 2.75) is 12.8 Å². The minimum atomic E-state index is -0.391. The molecule has 0 spiro atoms. The number of carbonyl (C=O) groups is 2. The maximum atomic E-state index is 12.2. The van der Waals surface area contributed by atoms with Gasteiger partial charge < -0.3 is 9.47 Å². The summed E-state index contributed by atoms with van der Waals surface area (Å²) in [4.78, 5) is 24.3. The van der Waals surface area contributed by atoms with E-state index in [-0.39, 0.29) is 0 Å². The highest BCUT2D eigenvalue weighted by molar-refractivity contribution is 6.13. The molecule has 0 aliphatic carbocycles. The number of esters is 2. The molecule has 3 rings (SSSR count). The molecule has 0 atom stereocenters. The van der Waals surface area contributed by atoms with Gasteiger partial charge in [-0.3, -0.25) is 0 Å². The van der Waals surface area contributed by atoms with E-state index in [4.69, 9.17) is 9.47 Å². The standard InChI is InChI=1S/C16H14O4/c17-15-12-7-3-5-11-6-4-8-13(14(11)12)16(18)20-10-2-1-9-19-15/h3-8H,1-2,9-10H2. The Bertz CT molecular complexity index is 620. The monoisotopic (exact) mass is 270 g/mol. The molecule has 1 heterocycles. The van der Waals surface area contributed by atoms with Crippen LogP contribution in [-0.4, -0.2) is 25.2 Å². The second kappa shape index (κ2) is 5.33. The average Bonchev–Trinajstić information content (AvgIpc) is 2.50. The number of hydrogen-bond donors (Lipinski definition) is 0. The first-order valence-corrected chi connectivity index (χ1v) is 6.63. The Hall–Kier alpha value is -2.36. The van der Waals surface area contributed by atoms with Gasteiger partial charge in [-0.15, -0.1) is 0 Å². The van der Waals surface area contributed by atoms with E-state index in [1.165, 1.54) is 0 Å². The lowest BCUT2D eigenvalue weighted by atomic mass is 9.99. The molecule has 0 amide bonds. The summed E-state index contributed by atoms with van der Waals surface area (Å²) in [7, 11) is 0. The molecule has 0 bridgehead atoms. The smallest absolute Gasteiger partial charge is 0.338 e. The molecule has 0 unspecified atom stereocenters. The van der Waals surface area contributed by atoms with Gasteiger partial charge >= 0.3 is 11.9 Å². The van der Waals surface area contributed by atoms with E-state index >= 15 is 0 Å². The molecule has 0 aromatic heterocycles. The van der Waals surface area contributed by atoms with Gasteiger partial charge in [-0.1, -0.05) is 24.3 Å². The van der Waals surface area contributed by atoms with Crippen LogP contribution in [0.2, 0.25) is 0 Å². The zero-order valence-electron chi connectivity index (χ0n) is 10.9. The quantitative estimate of drug-likeness (QED) is 0.691. The van der Waals surface area contributed by atoms with Crippen LogP contribution in [0, 0.1) is 0 Å². The van der Waals surface area contributed by atoms with Crippen molar-refractivity contribution in [2.24, 2.45) is 0 Å². The maximum absolute atomic E-state index is 12.2. The van der Waals surface area contributed by atoms with E-state index in [0.717, 1.165) is 5.39 Å². The van der Waals surface area contributed by atoms with Crippen molar-refractivity contribution < 1.29 is 19.1 Å². The Morgan fingerprint density at radius 1 is 0.750 bits per heavy atom. The molecule has 1 aliphatic heterocycles. The van der Waals surface area contributed by atoms with Crippen LogP contribution < -0.4 is 0 Å².